The summed E-state index contributed by atoms with van der Waals surface area (Å²) in [7, 11) is 0. The molecular formula is C14H19ClN2O2. The minimum Gasteiger partial charge on any atom is -0.359 e. The highest BCUT2D eigenvalue weighted by Crippen LogP contribution is 2.32. The predicted molar refractivity (Wildman–Crippen MR) is 76.5 cm³/mol. The molecule has 1 aliphatic rings. The van der Waals surface area contributed by atoms with Crippen molar-refractivity contribution in [3.05, 3.63) is 28.8 Å². The van der Waals surface area contributed by atoms with Gasteiger partial charge in [-0.1, -0.05) is 17.7 Å². The first kappa shape index (κ1) is 14.3. The zero-order valence-corrected chi connectivity index (χ0v) is 12.2. The van der Waals surface area contributed by atoms with Crippen LogP contribution in [0.4, 0.5) is 5.69 Å². The second kappa shape index (κ2) is 5.12. The van der Waals surface area contributed by atoms with E-state index in [1.165, 1.54) is 0 Å². The minimum absolute atomic E-state index is 0.0671. The molecule has 0 bridgehead atoms. The van der Waals surface area contributed by atoms with Gasteiger partial charge in [-0.3, -0.25) is 4.79 Å². The van der Waals surface area contributed by atoms with Crippen molar-refractivity contribution in [3.8, 4) is 0 Å². The second-order valence-electron chi connectivity index (χ2n) is 5.29. The Kier molecular flexibility index (Phi) is 3.85. The van der Waals surface area contributed by atoms with Gasteiger partial charge in [-0.15, -0.1) is 0 Å². The number of carbonyl (C=O) groups excluding carboxylic acids is 1. The quantitative estimate of drug-likeness (QED) is 0.904. The van der Waals surface area contributed by atoms with E-state index < -0.39 is 5.60 Å². The van der Waals surface area contributed by atoms with Gasteiger partial charge in [0.15, 0.2) is 0 Å². The molecule has 0 radical (unpaired) electrons. The minimum atomic E-state index is -0.864. The van der Waals surface area contributed by atoms with E-state index in [1.807, 2.05) is 25.1 Å². The topological polar surface area (TPSA) is 55.6 Å². The molecule has 5 heteroatoms. The molecule has 104 valence electrons. The van der Waals surface area contributed by atoms with Crippen molar-refractivity contribution in [3.63, 3.8) is 0 Å². The van der Waals surface area contributed by atoms with Gasteiger partial charge < -0.3 is 15.4 Å². The van der Waals surface area contributed by atoms with E-state index in [2.05, 4.69) is 0 Å². The maximum atomic E-state index is 12.5. The molecule has 1 heterocycles. The Morgan fingerprint density at radius 3 is 2.84 bits per heavy atom. The fraction of sp³-hybridized carbons (Fsp3) is 0.500. The Morgan fingerprint density at radius 2 is 2.21 bits per heavy atom. The highest BCUT2D eigenvalue weighted by molar-refractivity contribution is 6.31. The molecule has 0 spiro atoms. The van der Waals surface area contributed by atoms with E-state index in [-0.39, 0.29) is 12.0 Å². The summed E-state index contributed by atoms with van der Waals surface area (Å²) in [6.45, 7) is 6.28. The van der Waals surface area contributed by atoms with Crippen molar-refractivity contribution >= 4 is 23.2 Å². The molecule has 1 atom stereocenters. The molecular weight excluding hydrogens is 264 g/mol. The van der Waals surface area contributed by atoms with E-state index in [0.29, 0.717) is 18.1 Å². The summed E-state index contributed by atoms with van der Waals surface area (Å²) in [5, 5.41) is 0.652. The summed E-state index contributed by atoms with van der Waals surface area (Å²) in [6, 6.07) is 5.56. The first-order valence-electron chi connectivity index (χ1n) is 6.32. The van der Waals surface area contributed by atoms with E-state index >= 15 is 0 Å². The summed E-state index contributed by atoms with van der Waals surface area (Å²) < 4.78 is 5.71. The fourth-order valence-corrected chi connectivity index (χ4v) is 2.50. The summed E-state index contributed by atoms with van der Waals surface area (Å²) in [5.41, 5.74) is 6.55. The largest absolute Gasteiger partial charge is 0.359 e. The number of carbonyl (C=O) groups is 1. The van der Waals surface area contributed by atoms with Crippen molar-refractivity contribution in [2.45, 2.75) is 32.5 Å². The first-order chi connectivity index (χ1) is 8.86. The van der Waals surface area contributed by atoms with Gasteiger partial charge in [-0.25, -0.2) is 0 Å². The first-order valence-corrected chi connectivity index (χ1v) is 6.69. The summed E-state index contributed by atoms with van der Waals surface area (Å²) in [4.78, 5) is 14.2. The van der Waals surface area contributed by atoms with Gasteiger partial charge in [-0.2, -0.15) is 0 Å². The maximum absolute atomic E-state index is 12.5. The Morgan fingerprint density at radius 1 is 1.53 bits per heavy atom. The molecule has 1 amide bonds. The lowest BCUT2D eigenvalue weighted by Crippen LogP contribution is -2.59. The van der Waals surface area contributed by atoms with Crippen molar-refractivity contribution < 1.29 is 9.53 Å². The molecule has 19 heavy (non-hydrogen) atoms. The van der Waals surface area contributed by atoms with Crippen LogP contribution in [0.3, 0.4) is 0 Å². The third-order valence-electron chi connectivity index (χ3n) is 3.40. The van der Waals surface area contributed by atoms with Gasteiger partial charge in [0, 0.05) is 17.3 Å². The van der Waals surface area contributed by atoms with Crippen LogP contribution in [-0.4, -0.2) is 30.7 Å². The van der Waals surface area contributed by atoms with Gasteiger partial charge in [0.05, 0.1) is 12.6 Å². The average molecular weight is 283 g/mol. The second-order valence-corrected chi connectivity index (χ2v) is 5.69. The molecule has 2 N–H and O–H groups in total. The van der Waals surface area contributed by atoms with Crippen molar-refractivity contribution in [2.24, 2.45) is 5.73 Å². The Hall–Kier alpha value is -1.10. The van der Waals surface area contributed by atoms with E-state index in [4.69, 9.17) is 22.1 Å². The Bertz CT molecular complexity index is 502. The van der Waals surface area contributed by atoms with Crippen LogP contribution in [0.1, 0.15) is 19.4 Å². The number of anilines is 1. The SMILES string of the molecule is Cc1c(Cl)cccc1N1CC(CN)OC(C)(C)C1=O. The highest BCUT2D eigenvalue weighted by atomic mass is 35.5. The summed E-state index contributed by atoms with van der Waals surface area (Å²) in [6.07, 6.45) is -0.161. The molecule has 1 aliphatic heterocycles. The number of hydrogen-bond acceptors (Lipinski definition) is 3. The zero-order chi connectivity index (χ0) is 14.2. The lowest BCUT2D eigenvalue weighted by atomic mass is 10.0. The number of ether oxygens (including phenoxy) is 1. The molecule has 1 saturated heterocycles. The number of amides is 1. The number of halogens is 1. The van der Waals surface area contributed by atoms with Crippen LogP contribution >= 0.6 is 11.6 Å². The monoisotopic (exact) mass is 282 g/mol. The molecule has 1 unspecified atom stereocenters. The summed E-state index contributed by atoms with van der Waals surface area (Å²) >= 11 is 6.13. The van der Waals surface area contributed by atoms with Crippen LogP contribution in [0.15, 0.2) is 18.2 Å². The smallest absolute Gasteiger partial charge is 0.258 e. The van der Waals surface area contributed by atoms with Crippen molar-refractivity contribution in [1.29, 1.82) is 0 Å². The fourth-order valence-electron chi connectivity index (χ4n) is 2.33. The number of rotatable bonds is 2. The van der Waals surface area contributed by atoms with Crippen molar-refractivity contribution in [1.82, 2.24) is 0 Å². The normalized spacial score (nSPS) is 22.7. The lowest BCUT2D eigenvalue weighted by molar-refractivity contribution is -0.153. The van der Waals surface area contributed by atoms with Gasteiger partial charge in [-0.05, 0) is 38.5 Å². The van der Waals surface area contributed by atoms with Crippen LogP contribution in [-0.2, 0) is 9.53 Å². The molecule has 1 aromatic rings. The number of nitrogens with zero attached hydrogens (tertiary/aromatic N) is 1. The third kappa shape index (κ3) is 2.61. The number of benzene rings is 1. The van der Waals surface area contributed by atoms with E-state index in [0.717, 1.165) is 11.3 Å². The summed E-state index contributed by atoms with van der Waals surface area (Å²) in [5.74, 6) is -0.0671. The standard InChI is InChI=1S/C14H19ClN2O2/c1-9-11(15)5-4-6-12(9)17-8-10(7-16)19-14(2,3)13(17)18/h4-6,10H,7-8,16H2,1-3H3. The predicted octanol–water partition coefficient (Wildman–Crippen LogP) is 2.12. The molecule has 2 rings (SSSR count). The average Bonchev–Trinajstić information content (AvgIpc) is 2.36. The molecule has 1 fully saturated rings. The Labute approximate surface area is 118 Å². The number of morpholine rings is 1. The maximum Gasteiger partial charge on any atom is 0.258 e. The van der Waals surface area contributed by atoms with Gasteiger partial charge >= 0.3 is 0 Å². The molecule has 0 aliphatic carbocycles. The van der Waals surface area contributed by atoms with Crippen LogP contribution in [0.25, 0.3) is 0 Å². The zero-order valence-electron chi connectivity index (χ0n) is 11.4. The van der Waals surface area contributed by atoms with Crippen LogP contribution < -0.4 is 10.6 Å². The number of nitrogens with two attached hydrogens (primary N) is 1. The van der Waals surface area contributed by atoms with Crippen LogP contribution in [0.2, 0.25) is 5.02 Å². The van der Waals surface area contributed by atoms with E-state index in [1.54, 1.807) is 18.7 Å². The third-order valence-corrected chi connectivity index (χ3v) is 3.81. The van der Waals surface area contributed by atoms with Crippen LogP contribution in [0.5, 0.6) is 0 Å². The van der Waals surface area contributed by atoms with Gasteiger partial charge in [0.2, 0.25) is 0 Å². The van der Waals surface area contributed by atoms with Crippen molar-refractivity contribution in [2.75, 3.05) is 18.0 Å². The Balaban J connectivity index is 2.42. The van der Waals surface area contributed by atoms with Gasteiger partial charge in [0.1, 0.15) is 5.60 Å². The number of hydrogen-bond donors (Lipinski definition) is 1. The molecule has 0 saturated carbocycles. The van der Waals surface area contributed by atoms with Crippen LogP contribution in [0, 0.1) is 6.92 Å². The molecule has 0 aromatic heterocycles. The van der Waals surface area contributed by atoms with E-state index in [9.17, 15) is 4.79 Å². The molecule has 1 aromatic carbocycles. The van der Waals surface area contributed by atoms with Gasteiger partial charge in [0.25, 0.3) is 5.91 Å². The molecule has 4 nitrogen and oxygen atoms in total. The lowest BCUT2D eigenvalue weighted by Gasteiger charge is -2.42. The highest BCUT2D eigenvalue weighted by Gasteiger charge is 2.41.